The summed E-state index contributed by atoms with van der Waals surface area (Å²) in [5.41, 5.74) is 3.00. The second-order valence-corrected chi connectivity index (χ2v) is 7.75. The summed E-state index contributed by atoms with van der Waals surface area (Å²) in [6, 6.07) is 5.38. The fourth-order valence-corrected chi connectivity index (χ4v) is 3.76. The minimum absolute atomic E-state index is 0.294. The second kappa shape index (κ2) is 8.37. The predicted molar refractivity (Wildman–Crippen MR) is 109 cm³/mol. The summed E-state index contributed by atoms with van der Waals surface area (Å²) in [4.78, 5) is 24.2. The van der Waals surface area contributed by atoms with Crippen molar-refractivity contribution in [2.75, 3.05) is 5.32 Å². The lowest BCUT2D eigenvalue weighted by Gasteiger charge is -2.24. The number of amides is 1. The number of allylic oxidation sites excluding steroid dienone is 2. The number of aryl methyl sites for hydroxylation is 1. The van der Waals surface area contributed by atoms with Gasteiger partial charge in [0.25, 0.3) is 0 Å². The third-order valence-electron chi connectivity index (χ3n) is 5.03. The Hall–Kier alpha value is -2.31. The highest BCUT2D eigenvalue weighted by Gasteiger charge is 2.34. The van der Waals surface area contributed by atoms with E-state index in [4.69, 9.17) is 23.2 Å². The standard InChI is InChI=1S/C20H21Cl2N3O3/c1-11-18(23-19(26)14-5-3-4-6-15(14)20(27)28)12(2)25(24-11)10-13-7-8-16(21)17(22)9-13/h3-4,7-9,14-15H,5-6,10H2,1-2H3,(H,23,26)(H,27,28)/t14-,15-/m1/s1. The van der Waals surface area contributed by atoms with Crippen LogP contribution in [0.2, 0.25) is 10.0 Å². The average Bonchev–Trinajstić information content (AvgIpc) is 2.92. The van der Waals surface area contributed by atoms with Crippen molar-refractivity contribution < 1.29 is 14.7 Å². The van der Waals surface area contributed by atoms with Crippen molar-refractivity contribution in [1.29, 1.82) is 0 Å². The molecule has 28 heavy (non-hydrogen) atoms. The molecule has 3 rings (SSSR count). The second-order valence-electron chi connectivity index (χ2n) is 6.94. The first-order chi connectivity index (χ1) is 13.3. The molecule has 1 aromatic carbocycles. The highest BCUT2D eigenvalue weighted by atomic mass is 35.5. The molecule has 0 aliphatic heterocycles. The number of nitrogens with one attached hydrogen (secondary N) is 1. The van der Waals surface area contributed by atoms with Gasteiger partial charge in [0.2, 0.25) is 5.91 Å². The minimum Gasteiger partial charge on any atom is -0.481 e. The van der Waals surface area contributed by atoms with Gasteiger partial charge in [-0.15, -0.1) is 0 Å². The van der Waals surface area contributed by atoms with E-state index in [0.717, 1.165) is 11.3 Å². The SMILES string of the molecule is Cc1nn(Cc2ccc(Cl)c(Cl)c2)c(C)c1NC(=O)[C@@H]1CC=CC[C@H]1C(=O)O. The van der Waals surface area contributed by atoms with Gasteiger partial charge >= 0.3 is 5.97 Å². The van der Waals surface area contributed by atoms with E-state index >= 15 is 0 Å². The molecule has 1 amide bonds. The fourth-order valence-electron chi connectivity index (χ4n) is 3.44. The number of nitrogens with zero attached hydrogens (tertiary/aromatic N) is 2. The maximum Gasteiger partial charge on any atom is 0.307 e. The van der Waals surface area contributed by atoms with Gasteiger partial charge in [-0.05, 0) is 44.4 Å². The highest BCUT2D eigenvalue weighted by molar-refractivity contribution is 6.42. The summed E-state index contributed by atoms with van der Waals surface area (Å²) in [5, 5.41) is 17.7. The number of carbonyl (C=O) groups excluding carboxylic acids is 1. The topological polar surface area (TPSA) is 84.2 Å². The molecule has 0 spiro atoms. The molecule has 8 heteroatoms. The lowest BCUT2D eigenvalue weighted by molar-refractivity contribution is -0.146. The molecule has 0 unspecified atom stereocenters. The van der Waals surface area contributed by atoms with Crippen LogP contribution in [0.15, 0.2) is 30.4 Å². The van der Waals surface area contributed by atoms with Gasteiger partial charge < -0.3 is 10.4 Å². The van der Waals surface area contributed by atoms with Crippen LogP contribution >= 0.6 is 23.2 Å². The van der Waals surface area contributed by atoms with Gasteiger partial charge in [0.05, 0.1) is 45.5 Å². The normalized spacial score (nSPS) is 18.9. The van der Waals surface area contributed by atoms with E-state index in [1.807, 2.05) is 32.1 Å². The van der Waals surface area contributed by atoms with Gasteiger partial charge in [0.1, 0.15) is 0 Å². The fraction of sp³-hybridized carbons (Fsp3) is 0.350. The van der Waals surface area contributed by atoms with Crippen LogP contribution in [-0.4, -0.2) is 26.8 Å². The van der Waals surface area contributed by atoms with Crippen molar-refractivity contribution in [2.45, 2.75) is 33.2 Å². The monoisotopic (exact) mass is 421 g/mol. The Kier molecular flexibility index (Phi) is 6.10. The Labute approximate surface area is 173 Å². The number of rotatable bonds is 5. The molecule has 0 saturated heterocycles. The molecule has 0 radical (unpaired) electrons. The molecular formula is C20H21Cl2N3O3. The first-order valence-electron chi connectivity index (χ1n) is 8.94. The van der Waals surface area contributed by atoms with Gasteiger partial charge in [-0.3, -0.25) is 14.3 Å². The van der Waals surface area contributed by atoms with Crippen molar-refractivity contribution in [3.05, 3.63) is 57.3 Å². The Morgan fingerprint density at radius 3 is 2.50 bits per heavy atom. The number of hydrogen-bond acceptors (Lipinski definition) is 3. The molecule has 1 aromatic heterocycles. The molecule has 148 valence electrons. The molecule has 0 saturated carbocycles. The van der Waals surface area contributed by atoms with Gasteiger partial charge in [0.15, 0.2) is 0 Å². The van der Waals surface area contributed by atoms with E-state index in [9.17, 15) is 14.7 Å². The van der Waals surface area contributed by atoms with Crippen LogP contribution in [0.3, 0.4) is 0 Å². The summed E-state index contributed by atoms with van der Waals surface area (Å²) in [6.45, 7) is 4.15. The van der Waals surface area contributed by atoms with Crippen molar-refractivity contribution in [3.63, 3.8) is 0 Å². The highest BCUT2D eigenvalue weighted by Crippen LogP contribution is 2.29. The molecule has 2 atom stereocenters. The minimum atomic E-state index is -0.951. The number of carboxylic acids is 1. The number of anilines is 1. The molecule has 0 fully saturated rings. The number of carboxylic acid groups (broad SMARTS) is 1. The number of hydrogen-bond donors (Lipinski definition) is 2. The number of aromatic nitrogens is 2. The number of benzene rings is 1. The Morgan fingerprint density at radius 2 is 1.86 bits per heavy atom. The van der Waals surface area contributed by atoms with E-state index in [-0.39, 0.29) is 5.91 Å². The number of aliphatic carboxylic acids is 1. The Morgan fingerprint density at radius 1 is 1.18 bits per heavy atom. The molecule has 6 nitrogen and oxygen atoms in total. The molecule has 1 heterocycles. The largest absolute Gasteiger partial charge is 0.481 e. The van der Waals surface area contributed by atoms with E-state index in [0.29, 0.717) is 40.8 Å². The zero-order chi connectivity index (χ0) is 20.4. The van der Waals surface area contributed by atoms with Crippen molar-refractivity contribution in [1.82, 2.24) is 9.78 Å². The van der Waals surface area contributed by atoms with Gasteiger partial charge in [0, 0.05) is 0 Å². The zero-order valence-electron chi connectivity index (χ0n) is 15.6. The number of halogens is 2. The maximum atomic E-state index is 12.8. The quantitative estimate of drug-likeness (QED) is 0.697. The summed E-state index contributed by atoms with van der Waals surface area (Å²) in [5.74, 6) is -2.55. The van der Waals surface area contributed by atoms with Gasteiger partial charge in [-0.2, -0.15) is 5.10 Å². The first-order valence-corrected chi connectivity index (χ1v) is 9.70. The average molecular weight is 422 g/mol. The molecule has 0 bridgehead atoms. The van der Waals surface area contributed by atoms with E-state index < -0.39 is 17.8 Å². The number of carbonyl (C=O) groups is 2. The van der Waals surface area contributed by atoms with Gasteiger partial charge in [-0.25, -0.2) is 0 Å². The summed E-state index contributed by atoms with van der Waals surface area (Å²) in [6.07, 6.45) is 4.45. The predicted octanol–water partition coefficient (Wildman–Crippen LogP) is 4.46. The van der Waals surface area contributed by atoms with Crippen molar-refractivity contribution >= 4 is 40.8 Å². The zero-order valence-corrected chi connectivity index (χ0v) is 17.1. The molecular weight excluding hydrogens is 401 g/mol. The van der Waals surface area contributed by atoms with Crippen LogP contribution in [0.1, 0.15) is 29.8 Å². The van der Waals surface area contributed by atoms with E-state index in [1.54, 1.807) is 16.8 Å². The van der Waals surface area contributed by atoms with Crippen molar-refractivity contribution in [2.24, 2.45) is 11.8 Å². The van der Waals surface area contributed by atoms with Crippen LogP contribution < -0.4 is 5.32 Å². The van der Waals surface area contributed by atoms with Gasteiger partial charge in [-0.1, -0.05) is 41.4 Å². The lowest BCUT2D eigenvalue weighted by Crippen LogP contribution is -2.35. The summed E-state index contributed by atoms with van der Waals surface area (Å²) in [7, 11) is 0. The third-order valence-corrected chi connectivity index (χ3v) is 5.77. The first kappa shape index (κ1) is 20.4. The Bertz CT molecular complexity index is 952. The summed E-state index contributed by atoms with van der Waals surface area (Å²) >= 11 is 12.0. The van der Waals surface area contributed by atoms with E-state index in [1.165, 1.54) is 0 Å². The van der Waals surface area contributed by atoms with Crippen molar-refractivity contribution in [3.8, 4) is 0 Å². The smallest absolute Gasteiger partial charge is 0.307 e. The maximum absolute atomic E-state index is 12.8. The Balaban J connectivity index is 1.79. The molecule has 1 aliphatic rings. The third kappa shape index (κ3) is 4.23. The van der Waals surface area contributed by atoms with E-state index in [2.05, 4.69) is 10.4 Å². The van der Waals surface area contributed by atoms with Crippen LogP contribution in [0.25, 0.3) is 0 Å². The van der Waals surface area contributed by atoms with Crippen LogP contribution in [0, 0.1) is 25.7 Å². The van der Waals surface area contributed by atoms with Crippen LogP contribution in [-0.2, 0) is 16.1 Å². The summed E-state index contributed by atoms with van der Waals surface area (Å²) < 4.78 is 1.78. The lowest BCUT2D eigenvalue weighted by atomic mass is 9.82. The van der Waals surface area contributed by atoms with Crippen LogP contribution in [0.4, 0.5) is 5.69 Å². The molecule has 2 N–H and O–H groups in total. The van der Waals surface area contributed by atoms with Crippen LogP contribution in [0.5, 0.6) is 0 Å². The molecule has 2 aromatic rings. The molecule has 1 aliphatic carbocycles.